The SMILES string of the molecule is O=C(NCc1ccccc1)c1cc(COc2ccc(NC(=O)c3ccccc3F)cc2)on1. The highest BCUT2D eigenvalue weighted by Gasteiger charge is 2.13. The van der Waals surface area contributed by atoms with Crippen LogP contribution in [0.4, 0.5) is 10.1 Å². The first-order valence-electron chi connectivity index (χ1n) is 10.1. The summed E-state index contributed by atoms with van der Waals surface area (Å²) in [7, 11) is 0. The number of benzene rings is 3. The number of hydrogen-bond donors (Lipinski definition) is 2. The highest BCUT2D eigenvalue weighted by Crippen LogP contribution is 2.19. The number of rotatable bonds is 8. The predicted octanol–water partition coefficient (Wildman–Crippen LogP) is 4.58. The van der Waals surface area contributed by atoms with Crippen molar-refractivity contribution < 1.29 is 23.2 Å². The first-order chi connectivity index (χ1) is 16.1. The highest BCUT2D eigenvalue weighted by molar-refractivity contribution is 6.04. The van der Waals surface area contributed by atoms with Gasteiger partial charge < -0.3 is 19.9 Å². The molecule has 7 nitrogen and oxygen atoms in total. The van der Waals surface area contributed by atoms with E-state index in [0.29, 0.717) is 23.7 Å². The molecule has 0 aliphatic heterocycles. The smallest absolute Gasteiger partial charge is 0.273 e. The second-order valence-electron chi connectivity index (χ2n) is 7.09. The van der Waals surface area contributed by atoms with Crippen LogP contribution in [-0.4, -0.2) is 17.0 Å². The van der Waals surface area contributed by atoms with Gasteiger partial charge in [0.25, 0.3) is 11.8 Å². The fourth-order valence-corrected chi connectivity index (χ4v) is 2.99. The standard InChI is InChI=1S/C25H20FN3O4/c26-22-9-5-4-8-21(22)24(30)28-18-10-12-19(13-11-18)32-16-20-14-23(29-33-20)25(31)27-15-17-6-2-1-3-7-17/h1-14H,15-16H2,(H,27,31)(H,28,30). The van der Waals surface area contributed by atoms with Crippen molar-refractivity contribution in [2.45, 2.75) is 13.2 Å². The van der Waals surface area contributed by atoms with Gasteiger partial charge in [-0.05, 0) is 42.0 Å². The number of halogens is 1. The number of aromatic nitrogens is 1. The Morgan fingerprint density at radius 3 is 2.39 bits per heavy atom. The van der Waals surface area contributed by atoms with Gasteiger partial charge in [-0.2, -0.15) is 0 Å². The van der Waals surface area contributed by atoms with E-state index in [1.54, 1.807) is 30.3 Å². The van der Waals surface area contributed by atoms with E-state index < -0.39 is 11.7 Å². The van der Waals surface area contributed by atoms with Crippen LogP contribution in [0.5, 0.6) is 5.75 Å². The summed E-state index contributed by atoms with van der Waals surface area (Å²) >= 11 is 0. The van der Waals surface area contributed by atoms with Crippen molar-refractivity contribution in [3.05, 3.63) is 113 Å². The maximum atomic E-state index is 13.7. The Morgan fingerprint density at radius 1 is 0.909 bits per heavy atom. The molecular formula is C25H20FN3O4. The maximum Gasteiger partial charge on any atom is 0.273 e. The van der Waals surface area contributed by atoms with E-state index in [-0.39, 0.29) is 23.8 Å². The fraction of sp³-hybridized carbons (Fsp3) is 0.0800. The second-order valence-corrected chi connectivity index (χ2v) is 7.09. The van der Waals surface area contributed by atoms with Crippen LogP contribution in [0.1, 0.15) is 32.2 Å². The molecule has 0 bridgehead atoms. The van der Waals surface area contributed by atoms with Gasteiger partial charge in [-0.15, -0.1) is 0 Å². The fourth-order valence-electron chi connectivity index (χ4n) is 2.99. The number of anilines is 1. The molecule has 0 aliphatic rings. The Bertz CT molecular complexity index is 1240. The van der Waals surface area contributed by atoms with Gasteiger partial charge in [0.1, 0.15) is 18.2 Å². The highest BCUT2D eigenvalue weighted by atomic mass is 19.1. The van der Waals surface area contributed by atoms with Gasteiger partial charge in [-0.25, -0.2) is 4.39 Å². The molecule has 4 rings (SSSR count). The van der Waals surface area contributed by atoms with Gasteiger partial charge in [-0.3, -0.25) is 9.59 Å². The molecule has 0 aliphatic carbocycles. The zero-order valence-electron chi connectivity index (χ0n) is 17.5. The van der Waals surface area contributed by atoms with Crippen LogP contribution in [0.2, 0.25) is 0 Å². The molecule has 0 saturated heterocycles. The molecular weight excluding hydrogens is 425 g/mol. The first-order valence-corrected chi connectivity index (χ1v) is 10.1. The maximum absolute atomic E-state index is 13.7. The number of nitrogens with one attached hydrogen (secondary N) is 2. The number of hydrogen-bond acceptors (Lipinski definition) is 5. The average molecular weight is 445 g/mol. The zero-order chi connectivity index (χ0) is 23.0. The number of ether oxygens (including phenoxy) is 1. The number of carbonyl (C=O) groups excluding carboxylic acids is 2. The molecule has 0 radical (unpaired) electrons. The summed E-state index contributed by atoms with van der Waals surface area (Å²) in [5.41, 5.74) is 1.60. The van der Waals surface area contributed by atoms with Gasteiger partial charge in [0.2, 0.25) is 0 Å². The summed E-state index contributed by atoms with van der Waals surface area (Å²) in [6, 6.07) is 23.4. The van der Waals surface area contributed by atoms with E-state index in [2.05, 4.69) is 15.8 Å². The van der Waals surface area contributed by atoms with Crippen molar-refractivity contribution in [1.82, 2.24) is 10.5 Å². The molecule has 33 heavy (non-hydrogen) atoms. The number of carbonyl (C=O) groups is 2. The third kappa shape index (κ3) is 5.82. The molecule has 0 saturated carbocycles. The third-order valence-corrected chi connectivity index (χ3v) is 4.70. The van der Waals surface area contributed by atoms with Crippen LogP contribution in [0.25, 0.3) is 0 Å². The monoisotopic (exact) mass is 445 g/mol. The number of nitrogens with zero attached hydrogens (tertiary/aromatic N) is 1. The van der Waals surface area contributed by atoms with Gasteiger partial charge in [0.15, 0.2) is 11.5 Å². The summed E-state index contributed by atoms with van der Waals surface area (Å²) in [5.74, 6) is -0.567. The van der Waals surface area contributed by atoms with Crippen LogP contribution >= 0.6 is 0 Å². The normalized spacial score (nSPS) is 10.5. The van der Waals surface area contributed by atoms with Crippen molar-refractivity contribution in [2.75, 3.05) is 5.32 Å². The average Bonchev–Trinajstić information content (AvgIpc) is 3.32. The Morgan fingerprint density at radius 2 is 1.64 bits per heavy atom. The summed E-state index contributed by atoms with van der Waals surface area (Å²) in [6.45, 7) is 0.456. The molecule has 3 aromatic carbocycles. The quantitative estimate of drug-likeness (QED) is 0.414. The van der Waals surface area contributed by atoms with Crippen LogP contribution in [0.15, 0.2) is 89.5 Å². The van der Waals surface area contributed by atoms with E-state index in [0.717, 1.165) is 5.56 Å². The first kappa shape index (κ1) is 21.8. The van der Waals surface area contributed by atoms with Crippen molar-refractivity contribution >= 4 is 17.5 Å². The summed E-state index contributed by atoms with van der Waals surface area (Å²) in [5, 5.41) is 9.19. The largest absolute Gasteiger partial charge is 0.486 e. The molecule has 0 unspecified atom stereocenters. The van der Waals surface area contributed by atoms with Crippen LogP contribution < -0.4 is 15.4 Å². The van der Waals surface area contributed by atoms with Crippen molar-refractivity contribution in [3.8, 4) is 5.75 Å². The Hall–Kier alpha value is -4.46. The Balaban J connectivity index is 1.27. The lowest BCUT2D eigenvalue weighted by Crippen LogP contribution is -2.22. The zero-order valence-corrected chi connectivity index (χ0v) is 17.5. The Labute approximate surface area is 189 Å². The molecule has 0 fully saturated rings. The molecule has 1 aromatic heterocycles. The number of amides is 2. The minimum Gasteiger partial charge on any atom is -0.486 e. The Kier molecular flexibility index (Phi) is 6.75. The van der Waals surface area contributed by atoms with Gasteiger partial charge >= 0.3 is 0 Å². The minimum absolute atomic E-state index is 0.0354. The summed E-state index contributed by atoms with van der Waals surface area (Å²) in [6.07, 6.45) is 0. The lowest BCUT2D eigenvalue weighted by atomic mass is 10.2. The third-order valence-electron chi connectivity index (χ3n) is 4.70. The van der Waals surface area contributed by atoms with Gasteiger partial charge in [0.05, 0.1) is 5.56 Å². The van der Waals surface area contributed by atoms with Crippen molar-refractivity contribution in [2.24, 2.45) is 0 Å². The van der Waals surface area contributed by atoms with E-state index in [4.69, 9.17) is 9.26 Å². The van der Waals surface area contributed by atoms with Gasteiger partial charge in [-0.1, -0.05) is 47.6 Å². The minimum atomic E-state index is -0.588. The lowest BCUT2D eigenvalue weighted by Gasteiger charge is -2.08. The summed E-state index contributed by atoms with van der Waals surface area (Å²) < 4.78 is 24.5. The van der Waals surface area contributed by atoms with Crippen LogP contribution in [0, 0.1) is 5.82 Å². The van der Waals surface area contributed by atoms with E-state index in [9.17, 15) is 14.0 Å². The topological polar surface area (TPSA) is 93.5 Å². The molecule has 4 aromatic rings. The van der Waals surface area contributed by atoms with E-state index in [1.807, 2.05) is 30.3 Å². The summed E-state index contributed by atoms with van der Waals surface area (Å²) in [4.78, 5) is 24.4. The van der Waals surface area contributed by atoms with E-state index >= 15 is 0 Å². The molecule has 8 heteroatoms. The lowest BCUT2D eigenvalue weighted by molar-refractivity contribution is 0.0940. The molecule has 2 amide bonds. The molecule has 0 spiro atoms. The predicted molar refractivity (Wildman–Crippen MR) is 119 cm³/mol. The molecule has 1 heterocycles. The van der Waals surface area contributed by atoms with Crippen molar-refractivity contribution in [1.29, 1.82) is 0 Å². The van der Waals surface area contributed by atoms with Crippen LogP contribution in [0.3, 0.4) is 0 Å². The molecule has 166 valence electrons. The van der Waals surface area contributed by atoms with Crippen LogP contribution in [-0.2, 0) is 13.2 Å². The van der Waals surface area contributed by atoms with Gasteiger partial charge in [0, 0.05) is 18.3 Å². The second kappa shape index (κ2) is 10.2. The molecule has 0 atom stereocenters. The van der Waals surface area contributed by atoms with Crippen molar-refractivity contribution in [3.63, 3.8) is 0 Å². The molecule has 2 N–H and O–H groups in total. The van der Waals surface area contributed by atoms with E-state index in [1.165, 1.54) is 24.3 Å².